The number of para-hydroxylation sites is 1. The third-order valence-corrected chi connectivity index (χ3v) is 3.47. The van der Waals surface area contributed by atoms with Crippen LogP contribution in [0.15, 0.2) is 48.7 Å². The first-order valence-electron chi connectivity index (χ1n) is 8.87. The lowest BCUT2D eigenvalue weighted by Crippen LogP contribution is -2.30. The third-order valence-electron chi connectivity index (χ3n) is 3.47. The van der Waals surface area contributed by atoms with Crippen molar-refractivity contribution >= 4 is 17.8 Å². The maximum atomic E-state index is 12.3. The highest BCUT2D eigenvalue weighted by Gasteiger charge is 2.17. The molecule has 2 rings (SSSR count). The van der Waals surface area contributed by atoms with Gasteiger partial charge in [0, 0.05) is 19.2 Å². The van der Waals surface area contributed by atoms with Gasteiger partial charge in [-0.05, 0) is 37.6 Å². The number of amides is 1. The number of esters is 2. The molecule has 8 heteroatoms. The van der Waals surface area contributed by atoms with Crippen molar-refractivity contribution in [2.75, 3.05) is 19.8 Å². The lowest BCUT2D eigenvalue weighted by Gasteiger charge is -2.10. The maximum Gasteiger partial charge on any atom is 0.344 e. The molecule has 0 bridgehead atoms. The standard InChI is InChI=1S/C20H22N2O6/c1-2-26-18(24)11-7-12-21-17(23)14-27-20(25)16-10-6-13-22-19(16)28-15-8-4-3-5-9-15/h3-6,8-10,13H,2,7,11-12,14H2,1H3,(H,21,23). The van der Waals surface area contributed by atoms with Gasteiger partial charge in [0.1, 0.15) is 11.3 Å². The van der Waals surface area contributed by atoms with Crippen LogP contribution in [0.2, 0.25) is 0 Å². The van der Waals surface area contributed by atoms with Gasteiger partial charge in [0.2, 0.25) is 5.88 Å². The SMILES string of the molecule is CCOC(=O)CCCNC(=O)COC(=O)c1cccnc1Oc1ccccc1. The van der Waals surface area contributed by atoms with E-state index >= 15 is 0 Å². The molecule has 0 saturated carbocycles. The zero-order chi connectivity index (χ0) is 20.2. The minimum absolute atomic E-state index is 0.0912. The minimum atomic E-state index is -0.722. The predicted octanol–water partition coefficient (Wildman–Crippen LogP) is 2.49. The summed E-state index contributed by atoms with van der Waals surface area (Å²) in [6, 6.07) is 12.0. The number of hydrogen-bond donors (Lipinski definition) is 1. The first kappa shape index (κ1) is 20.9. The molecule has 0 spiro atoms. The van der Waals surface area contributed by atoms with Gasteiger partial charge in [-0.25, -0.2) is 9.78 Å². The highest BCUT2D eigenvalue weighted by Crippen LogP contribution is 2.23. The number of hydrogen-bond acceptors (Lipinski definition) is 7. The molecule has 0 radical (unpaired) electrons. The fraction of sp³-hybridized carbons (Fsp3) is 0.300. The summed E-state index contributed by atoms with van der Waals surface area (Å²) in [7, 11) is 0. The summed E-state index contributed by atoms with van der Waals surface area (Å²) in [6.45, 7) is 1.89. The fourth-order valence-corrected chi connectivity index (χ4v) is 2.18. The number of carbonyl (C=O) groups excluding carboxylic acids is 3. The molecule has 1 amide bonds. The lowest BCUT2D eigenvalue weighted by atomic mass is 10.2. The highest BCUT2D eigenvalue weighted by atomic mass is 16.5. The summed E-state index contributed by atoms with van der Waals surface area (Å²) < 4.78 is 15.4. The van der Waals surface area contributed by atoms with E-state index in [2.05, 4.69) is 10.3 Å². The van der Waals surface area contributed by atoms with E-state index in [1.807, 2.05) is 6.07 Å². The molecule has 1 aromatic carbocycles. The number of carbonyl (C=O) groups is 3. The van der Waals surface area contributed by atoms with Crippen LogP contribution in [0, 0.1) is 0 Å². The van der Waals surface area contributed by atoms with Gasteiger partial charge in [0.15, 0.2) is 6.61 Å². The summed E-state index contributed by atoms with van der Waals surface area (Å²) in [5.74, 6) is -0.888. The number of aromatic nitrogens is 1. The first-order chi connectivity index (χ1) is 13.6. The van der Waals surface area contributed by atoms with Crippen LogP contribution in [0.4, 0.5) is 0 Å². The Hall–Kier alpha value is -3.42. The number of pyridine rings is 1. The highest BCUT2D eigenvalue weighted by molar-refractivity contribution is 5.93. The van der Waals surface area contributed by atoms with Crippen LogP contribution in [0.1, 0.15) is 30.1 Å². The van der Waals surface area contributed by atoms with E-state index in [1.165, 1.54) is 12.3 Å². The number of ether oxygens (including phenoxy) is 3. The normalized spacial score (nSPS) is 10.0. The van der Waals surface area contributed by atoms with E-state index in [0.29, 0.717) is 18.8 Å². The quantitative estimate of drug-likeness (QED) is 0.494. The Balaban J connectivity index is 1.80. The van der Waals surface area contributed by atoms with Crippen molar-refractivity contribution in [3.05, 3.63) is 54.2 Å². The Kier molecular flexibility index (Phi) is 8.45. The first-order valence-corrected chi connectivity index (χ1v) is 8.87. The summed E-state index contributed by atoms with van der Waals surface area (Å²) in [6.07, 6.45) is 2.14. The summed E-state index contributed by atoms with van der Waals surface area (Å²) in [4.78, 5) is 39.3. The molecule has 0 aliphatic heterocycles. The van der Waals surface area contributed by atoms with Crippen molar-refractivity contribution in [3.8, 4) is 11.6 Å². The molecule has 148 valence electrons. The van der Waals surface area contributed by atoms with Crippen molar-refractivity contribution in [3.63, 3.8) is 0 Å². The maximum absolute atomic E-state index is 12.3. The number of nitrogens with one attached hydrogen (secondary N) is 1. The smallest absolute Gasteiger partial charge is 0.344 e. The molecular formula is C20H22N2O6. The van der Waals surface area contributed by atoms with E-state index in [9.17, 15) is 14.4 Å². The van der Waals surface area contributed by atoms with Crippen molar-refractivity contribution < 1.29 is 28.6 Å². The Morgan fingerprint density at radius 1 is 1.04 bits per heavy atom. The lowest BCUT2D eigenvalue weighted by molar-refractivity contribution is -0.143. The van der Waals surface area contributed by atoms with Gasteiger partial charge < -0.3 is 19.5 Å². The number of rotatable bonds is 10. The van der Waals surface area contributed by atoms with Crippen LogP contribution in [0.5, 0.6) is 11.6 Å². The number of nitrogens with zero attached hydrogens (tertiary/aromatic N) is 1. The molecule has 0 fully saturated rings. The zero-order valence-corrected chi connectivity index (χ0v) is 15.6. The second-order valence-corrected chi connectivity index (χ2v) is 5.61. The molecule has 0 aliphatic carbocycles. The van der Waals surface area contributed by atoms with Crippen LogP contribution >= 0.6 is 0 Å². The van der Waals surface area contributed by atoms with Gasteiger partial charge in [0.25, 0.3) is 5.91 Å². The van der Waals surface area contributed by atoms with Crippen LogP contribution in [-0.4, -0.2) is 42.6 Å². The molecular weight excluding hydrogens is 364 g/mol. The molecule has 1 heterocycles. The minimum Gasteiger partial charge on any atom is -0.466 e. The van der Waals surface area contributed by atoms with Gasteiger partial charge >= 0.3 is 11.9 Å². The molecule has 0 atom stereocenters. The van der Waals surface area contributed by atoms with E-state index < -0.39 is 18.5 Å². The molecule has 0 aliphatic rings. The summed E-state index contributed by atoms with van der Waals surface area (Å²) >= 11 is 0. The van der Waals surface area contributed by atoms with Crippen molar-refractivity contribution in [1.82, 2.24) is 10.3 Å². The largest absolute Gasteiger partial charge is 0.466 e. The monoisotopic (exact) mass is 386 g/mol. The van der Waals surface area contributed by atoms with Crippen molar-refractivity contribution in [1.29, 1.82) is 0 Å². The van der Waals surface area contributed by atoms with E-state index in [-0.39, 0.29) is 30.4 Å². The Labute approximate surface area is 162 Å². The van der Waals surface area contributed by atoms with Crippen molar-refractivity contribution in [2.24, 2.45) is 0 Å². The van der Waals surface area contributed by atoms with E-state index in [0.717, 1.165) is 0 Å². The van der Waals surface area contributed by atoms with Gasteiger partial charge in [-0.15, -0.1) is 0 Å². The topological polar surface area (TPSA) is 104 Å². The second-order valence-electron chi connectivity index (χ2n) is 5.61. The van der Waals surface area contributed by atoms with Crippen LogP contribution < -0.4 is 10.1 Å². The Morgan fingerprint density at radius 3 is 2.57 bits per heavy atom. The average Bonchev–Trinajstić information content (AvgIpc) is 2.71. The summed E-state index contributed by atoms with van der Waals surface area (Å²) in [5, 5.41) is 2.57. The van der Waals surface area contributed by atoms with Crippen LogP contribution in [-0.2, 0) is 19.1 Å². The van der Waals surface area contributed by atoms with Crippen LogP contribution in [0.25, 0.3) is 0 Å². The van der Waals surface area contributed by atoms with E-state index in [4.69, 9.17) is 14.2 Å². The Bertz CT molecular complexity index is 794. The molecule has 0 saturated heterocycles. The van der Waals surface area contributed by atoms with Gasteiger partial charge in [-0.2, -0.15) is 0 Å². The fourth-order valence-electron chi connectivity index (χ4n) is 2.18. The Morgan fingerprint density at radius 2 is 1.82 bits per heavy atom. The van der Waals surface area contributed by atoms with Crippen molar-refractivity contribution in [2.45, 2.75) is 19.8 Å². The number of benzene rings is 1. The van der Waals surface area contributed by atoms with Crippen LogP contribution in [0.3, 0.4) is 0 Å². The molecule has 1 aromatic heterocycles. The van der Waals surface area contributed by atoms with Gasteiger partial charge in [0.05, 0.1) is 6.61 Å². The second kappa shape index (κ2) is 11.3. The molecule has 0 unspecified atom stereocenters. The predicted molar refractivity (Wildman–Crippen MR) is 99.9 cm³/mol. The van der Waals surface area contributed by atoms with Gasteiger partial charge in [-0.3, -0.25) is 9.59 Å². The average molecular weight is 386 g/mol. The summed E-state index contributed by atoms with van der Waals surface area (Å²) in [5.41, 5.74) is 0.112. The zero-order valence-electron chi connectivity index (χ0n) is 15.6. The third kappa shape index (κ3) is 7.06. The van der Waals surface area contributed by atoms with Gasteiger partial charge in [-0.1, -0.05) is 18.2 Å². The molecule has 28 heavy (non-hydrogen) atoms. The molecule has 1 N–H and O–H groups in total. The molecule has 2 aromatic rings. The molecule has 8 nitrogen and oxygen atoms in total. The van der Waals surface area contributed by atoms with E-state index in [1.54, 1.807) is 37.3 Å².